The third-order valence-electron chi connectivity index (χ3n) is 4.09. The van der Waals surface area contributed by atoms with Crippen LogP contribution in [0.15, 0.2) is 28.4 Å². The van der Waals surface area contributed by atoms with E-state index in [1.807, 2.05) is 30.2 Å². The Kier molecular flexibility index (Phi) is 4.16. The number of hydrogen-bond donors (Lipinski definition) is 1. The predicted molar refractivity (Wildman–Crippen MR) is 88.7 cm³/mol. The zero-order chi connectivity index (χ0) is 15.7. The van der Waals surface area contributed by atoms with Gasteiger partial charge in [-0.2, -0.15) is 0 Å². The standard InChI is InChI=1S/C17H20N2O2S/c1-11-6-16(22-10-11)17(21)19-5-3-4-13(9-19)15-8-14(20)7-12(2)18-15/h6-8,10,13H,3-5,9H2,1-2H3,(H,18,20)/t13-/m0/s1. The van der Waals surface area contributed by atoms with Crippen molar-refractivity contribution in [3.8, 4) is 0 Å². The van der Waals surface area contributed by atoms with Crippen LogP contribution in [0.25, 0.3) is 0 Å². The molecule has 0 unspecified atom stereocenters. The minimum absolute atomic E-state index is 0.0311. The van der Waals surface area contributed by atoms with E-state index >= 15 is 0 Å². The molecule has 3 heterocycles. The van der Waals surface area contributed by atoms with Crippen molar-refractivity contribution in [3.63, 3.8) is 0 Å². The molecule has 1 fully saturated rings. The molecular formula is C17H20N2O2S. The van der Waals surface area contributed by atoms with Crippen molar-refractivity contribution < 1.29 is 4.79 Å². The van der Waals surface area contributed by atoms with Gasteiger partial charge < -0.3 is 9.88 Å². The number of aryl methyl sites for hydroxylation is 2. The topological polar surface area (TPSA) is 53.2 Å². The van der Waals surface area contributed by atoms with Crippen molar-refractivity contribution in [2.75, 3.05) is 13.1 Å². The van der Waals surface area contributed by atoms with Crippen LogP contribution >= 0.6 is 11.3 Å². The monoisotopic (exact) mass is 316 g/mol. The fourth-order valence-electron chi connectivity index (χ4n) is 3.04. The largest absolute Gasteiger partial charge is 0.362 e. The number of rotatable bonds is 2. The van der Waals surface area contributed by atoms with E-state index < -0.39 is 0 Å². The fourth-order valence-corrected chi connectivity index (χ4v) is 3.91. The number of piperidine rings is 1. The van der Waals surface area contributed by atoms with Crippen LogP contribution in [0.3, 0.4) is 0 Å². The summed E-state index contributed by atoms with van der Waals surface area (Å²) in [5.41, 5.74) is 2.98. The van der Waals surface area contributed by atoms with Gasteiger partial charge in [0.15, 0.2) is 5.43 Å². The number of nitrogens with zero attached hydrogens (tertiary/aromatic N) is 1. The van der Waals surface area contributed by atoms with E-state index in [-0.39, 0.29) is 17.3 Å². The van der Waals surface area contributed by atoms with Crippen molar-refractivity contribution in [1.82, 2.24) is 9.88 Å². The summed E-state index contributed by atoms with van der Waals surface area (Å²) >= 11 is 1.50. The van der Waals surface area contributed by atoms with Crippen molar-refractivity contribution in [2.45, 2.75) is 32.6 Å². The highest BCUT2D eigenvalue weighted by Gasteiger charge is 2.26. The number of nitrogens with one attached hydrogen (secondary N) is 1. The van der Waals surface area contributed by atoms with Crippen LogP contribution in [-0.2, 0) is 0 Å². The Bertz CT molecular complexity index is 747. The summed E-state index contributed by atoms with van der Waals surface area (Å²) in [6, 6.07) is 5.22. The smallest absolute Gasteiger partial charge is 0.263 e. The Morgan fingerprint density at radius 3 is 2.82 bits per heavy atom. The molecule has 116 valence electrons. The van der Waals surface area contributed by atoms with Gasteiger partial charge in [0.1, 0.15) is 0 Å². The van der Waals surface area contributed by atoms with Crippen LogP contribution in [0.2, 0.25) is 0 Å². The van der Waals surface area contributed by atoms with Gasteiger partial charge in [-0.15, -0.1) is 11.3 Å². The Labute approximate surface area is 133 Å². The molecule has 2 aromatic heterocycles. The first-order valence-electron chi connectivity index (χ1n) is 7.58. The van der Waals surface area contributed by atoms with E-state index in [0.717, 1.165) is 41.2 Å². The Morgan fingerprint density at radius 2 is 2.14 bits per heavy atom. The SMILES string of the molecule is Cc1csc(C(=O)N2CCC[C@H](c3cc(=O)cc(C)[nH]3)C2)c1. The summed E-state index contributed by atoms with van der Waals surface area (Å²) in [5, 5.41) is 2.01. The van der Waals surface area contributed by atoms with Gasteiger partial charge in [-0.1, -0.05) is 0 Å². The number of hydrogen-bond acceptors (Lipinski definition) is 3. The number of aromatic nitrogens is 1. The summed E-state index contributed by atoms with van der Waals surface area (Å²) in [7, 11) is 0. The molecule has 1 aliphatic rings. The highest BCUT2D eigenvalue weighted by atomic mass is 32.1. The average molecular weight is 316 g/mol. The summed E-state index contributed by atoms with van der Waals surface area (Å²) in [6.45, 7) is 5.37. The van der Waals surface area contributed by atoms with Crippen molar-refractivity contribution in [1.29, 1.82) is 0 Å². The molecule has 1 amide bonds. The molecule has 1 atom stereocenters. The molecule has 1 aliphatic heterocycles. The molecule has 2 aromatic rings. The van der Waals surface area contributed by atoms with Gasteiger partial charge in [-0.05, 0) is 43.7 Å². The van der Waals surface area contributed by atoms with Crippen LogP contribution in [-0.4, -0.2) is 28.9 Å². The highest BCUT2D eigenvalue weighted by Crippen LogP contribution is 2.27. The quantitative estimate of drug-likeness (QED) is 0.925. The van der Waals surface area contributed by atoms with Gasteiger partial charge in [0.05, 0.1) is 4.88 Å². The lowest BCUT2D eigenvalue weighted by Gasteiger charge is -2.32. The molecule has 3 rings (SSSR count). The zero-order valence-corrected chi connectivity index (χ0v) is 13.7. The first-order valence-corrected chi connectivity index (χ1v) is 8.46. The van der Waals surface area contributed by atoms with Gasteiger partial charge >= 0.3 is 0 Å². The second-order valence-electron chi connectivity index (χ2n) is 6.03. The maximum Gasteiger partial charge on any atom is 0.263 e. The highest BCUT2D eigenvalue weighted by molar-refractivity contribution is 7.12. The molecule has 1 saturated heterocycles. The van der Waals surface area contributed by atoms with E-state index in [4.69, 9.17) is 0 Å². The molecular weight excluding hydrogens is 296 g/mol. The third-order valence-corrected chi connectivity index (χ3v) is 5.12. The van der Waals surface area contributed by atoms with E-state index in [9.17, 15) is 9.59 Å². The van der Waals surface area contributed by atoms with Gasteiger partial charge in [-0.25, -0.2) is 0 Å². The lowest BCUT2D eigenvalue weighted by atomic mass is 9.94. The molecule has 4 nitrogen and oxygen atoms in total. The number of likely N-dealkylation sites (tertiary alicyclic amines) is 1. The van der Waals surface area contributed by atoms with Crippen LogP contribution in [0.1, 0.15) is 45.4 Å². The fraction of sp³-hybridized carbons (Fsp3) is 0.412. The van der Waals surface area contributed by atoms with Gasteiger partial charge in [-0.3, -0.25) is 9.59 Å². The van der Waals surface area contributed by atoms with Crippen LogP contribution in [0.5, 0.6) is 0 Å². The second-order valence-corrected chi connectivity index (χ2v) is 6.94. The number of thiophene rings is 1. The summed E-state index contributed by atoms with van der Waals surface area (Å²) in [6.07, 6.45) is 1.98. The Balaban J connectivity index is 1.79. The van der Waals surface area contributed by atoms with Crippen molar-refractivity contribution in [2.24, 2.45) is 0 Å². The third kappa shape index (κ3) is 3.14. The Hall–Kier alpha value is -1.88. The van der Waals surface area contributed by atoms with Gasteiger partial charge in [0.2, 0.25) is 0 Å². The zero-order valence-electron chi connectivity index (χ0n) is 12.9. The van der Waals surface area contributed by atoms with Crippen molar-refractivity contribution >= 4 is 17.2 Å². The first-order chi connectivity index (χ1) is 10.5. The lowest BCUT2D eigenvalue weighted by molar-refractivity contribution is 0.0710. The first kappa shape index (κ1) is 15.0. The molecule has 22 heavy (non-hydrogen) atoms. The van der Waals surface area contributed by atoms with Gasteiger partial charge in [0, 0.05) is 42.5 Å². The lowest BCUT2D eigenvalue weighted by Crippen LogP contribution is -2.39. The normalized spacial score (nSPS) is 18.5. The summed E-state index contributed by atoms with van der Waals surface area (Å²) in [5.74, 6) is 0.323. The number of aromatic amines is 1. The van der Waals surface area contributed by atoms with E-state index in [1.165, 1.54) is 11.3 Å². The second kappa shape index (κ2) is 6.08. The molecule has 0 spiro atoms. The molecule has 0 radical (unpaired) electrons. The summed E-state index contributed by atoms with van der Waals surface area (Å²) < 4.78 is 0. The van der Waals surface area contributed by atoms with E-state index in [2.05, 4.69) is 4.98 Å². The maximum absolute atomic E-state index is 12.6. The average Bonchev–Trinajstić information content (AvgIpc) is 2.92. The number of amides is 1. The van der Waals surface area contributed by atoms with Gasteiger partial charge in [0.25, 0.3) is 5.91 Å². The molecule has 0 aliphatic carbocycles. The number of pyridine rings is 1. The maximum atomic E-state index is 12.6. The van der Waals surface area contributed by atoms with Crippen LogP contribution < -0.4 is 5.43 Å². The molecule has 0 aromatic carbocycles. The minimum Gasteiger partial charge on any atom is -0.362 e. The molecule has 0 saturated carbocycles. The van der Waals surface area contributed by atoms with E-state index in [1.54, 1.807) is 12.1 Å². The number of carbonyl (C=O) groups excluding carboxylic acids is 1. The van der Waals surface area contributed by atoms with Crippen LogP contribution in [0, 0.1) is 13.8 Å². The molecule has 0 bridgehead atoms. The summed E-state index contributed by atoms with van der Waals surface area (Å²) in [4.78, 5) is 30.3. The predicted octanol–water partition coefficient (Wildman–Crippen LogP) is 3.07. The van der Waals surface area contributed by atoms with E-state index in [0.29, 0.717) is 6.54 Å². The number of H-pyrrole nitrogens is 1. The van der Waals surface area contributed by atoms with Crippen molar-refractivity contribution in [3.05, 3.63) is 55.6 Å². The molecule has 1 N–H and O–H groups in total. The Morgan fingerprint density at radius 1 is 1.32 bits per heavy atom. The minimum atomic E-state index is 0.0311. The number of carbonyl (C=O) groups is 1. The van der Waals surface area contributed by atoms with Crippen LogP contribution in [0.4, 0.5) is 0 Å². The molecule has 5 heteroatoms.